The molecule has 4 rings (SSSR count). The molecule has 0 N–H and O–H groups in total. The van der Waals surface area contributed by atoms with Crippen LogP contribution in [0.5, 0.6) is 11.5 Å². The van der Waals surface area contributed by atoms with Gasteiger partial charge in [0, 0.05) is 19.6 Å². The van der Waals surface area contributed by atoms with E-state index in [1.807, 2.05) is 30.1 Å². The van der Waals surface area contributed by atoms with Crippen molar-refractivity contribution < 1.29 is 14.3 Å². The van der Waals surface area contributed by atoms with Crippen LogP contribution in [0, 0.1) is 0 Å². The Kier molecular flexibility index (Phi) is 3.03. The van der Waals surface area contributed by atoms with Gasteiger partial charge in [0.05, 0.1) is 12.5 Å². The number of aryl methyl sites for hydroxylation is 1. The minimum atomic E-state index is 0.0279. The molecule has 1 amide bonds. The lowest BCUT2D eigenvalue weighted by molar-refractivity contribution is 0.0720. The number of ether oxygens (including phenoxy) is 2. The van der Waals surface area contributed by atoms with Gasteiger partial charge in [-0.3, -0.25) is 4.79 Å². The molecular formula is C16H17N3O3. The lowest BCUT2D eigenvalue weighted by atomic mass is 10.1. The molecule has 114 valence electrons. The zero-order valence-electron chi connectivity index (χ0n) is 12.4. The van der Waals surface area contributed by atoms with Crippen LogP contribution < -0.4 is 9.47 Å². The van der Waals surface area contributed by atoms with E-state index >= 15 is 0 Å². The number of carbonyl (C=O) groups is 1. The van der Waals surface area contributed by atoms with E-state index in [2.05, 4.69) is 4.98 Å². The van der Waals surface area contributed by atoms with Gasteiger partial charge in [-0.2, -0.15) is 0 Å². The van der Waals surface area contributed by atoms with E-state index in [1.165, 1.54) is 0 Å². The van der Waals surface area contributed by atoms with Crippen molar-refractivity contribution in [3.05, 3.63) is 42.0 Å². The van der Waals surface area contributed by atoms with Crippen molar-refractivity contribution >= 4 is 5.91 Å². The predicted octanol–water partition coefficient (Wildman–Crippen LogP) is 1.95. The van der Waals surface area contributed by atoms with Gasteiger partial charge in [0.2, 0.25) is 6.79 Å². The van der Waals surface area contributed by atoms with Gasteiger partial charge >= 0.3 is 0 Å². The number of carbonyl (C=O) groups excluding carboxylic acids is 1. The molecule has 1 fully saturated rings. The fraction of sp³-hybridized carbons (Fsp3) is 0.375. The lowest BCUT2D eigenvalue weighted by Gasteiger charge is -2.22. The average Bonchev–Trinajstić information content (AvgIpc) is 3.09. The molecule has 0 unspecified atom stereocenters. The summed E-state index contributed by atoms with van der Waals surface area (Å²) in [6, 6.07) is 6.16. The highest BCUT2D eigenvalue weighted by molar-refractivity contribution is 5.92. The minimum Gasteiger partial charge on any atom is -0.454 e. The summed E-state index contributed by atoms with van der Waals surface area (Å²) in [5.74, 6) is 1.54. The topological polar surface area (TPSA) is 56.6 Å². The van der Waals surface area contributed by atoms with Gasteiger partial charge in [0.1, 0.15) is 5.69 Å². The first-order valence-corrected chi connectivity index (χ1v) is 7.38. The second-order valence-electron chi connectivity index (χ2n) is 5.74. The Morgan fingerprint density at radius 2 is 2.18 bits per heavy atom. The van der Waals surface area contributed by atoms with E-state index in [0.29, 0.717) is 18.3 Å². The maximum atomic E-state index is 12.8. The van der Waals surface area contributed by atoms with Crippen molar-refractivity contribution in [2.45, 2.75) is 25.4 Å². The number of benzene rings is 1. The van der Waals surface area contributed by atoms with Crippen molar-refractivity contribution in [3.63, 3.8) is 0 Å². The van der Waals surface area contributed by atoms with Gasteiger partial charge in [-0.15, -0.1) is 0 Å². The summed E-state index contributed by atoms with van der Waals surface area (Å²) in [7, 11) is 1.84. The molecule has 0 saturated heterocycles. The third kappa shape index (κ3) is 2.30. The van der Waals surface area contributed by atoms with Crippen molar-refractivity contribution in [1.29, 1.82) is 0 Å². The SMILES string of the molecule is Cn1cncc1C(=O)N(Cc1ccc2c(c1)OCO2)C1CC1. The summed E-state index contributed by atoms with van der Waals surface area (Å²) in [4.78, 5) is 18.7. The van der Waals surface area contributed by atoms with E-state index in [1.54, 1.807) is 17.1 Å². The number of amides is 1. The molecule has 22 heavy (non-hydrogen) atoms. The third-order valence-electron chi connectivity index (χ3n) is 4.07. The molecule has 1 aromatic carbocycles. The zero-order valence-corrected chi connectivity index (χ0v) is 12.4. The number of hydrogen-bond acceptors (Lipinski definition) is 4. The van der Waals surface area contributed by atoms with Gasteiger partial charge in [-0.05, 0) is 30.5 Å². The standard InChI is InChI=1S/C16H17N3O3/c1-18-9-17-7-13(18)16(20)19(12-3-4-12)8-11-2-5-14-15(6-11)22-10-21-14/h2,5-7,9,12H,3-4,8,10H2,1H3. The van der Waals surface area contributed by atoms with E-state index < -0.39 is 0 Å². The number of nitrogens with zero attached hydrogens (tertiary/aromatic N) is 3. The Bertz CT molecular complexity index is 721. The van der Waals surface area contributed by atoms with Gasteiger partial charge in [0.25, 0.3) is 5.91 Å². The largest absolute Gasteiger partial charge is 0.454 e. The highest BCUT2D eigenvalue weighted by Crippen LogP contribution is 2.34. The molecule has 0 atom stereocenters. The van der Waals surface area contributed by atoms with Crippen LogP contribution in [-0.4, -0.2) is 33.2 Å². The first-order chi connectivity index (χ1) is 10.7. The average molecular weight is 299 g/mol. The molecule has 1 saturated carbocycles. The number of imidazole rings is 1. The van der Waals surface area contributed by atoms with Crippen LogP contribution >= 0.6 is 0 Å². The minimum absolute atomic E-state index is 0.0279. The lowest BCUT2D eigenvalue weighted by Crippen LogP contribution is -2.33. The number of fused-ring (bicyclic) bond motifs is 1. The first-order valence-electron chi connectivity index (χ1n) is 7.38. The number of aromatic nitrogens is 2. The Balaban J connectivity index is 1.58. The quantitative estimate of drug-likeness (QED) is 0.866. The molecule has 1 aromatic heterocycles. The zero-order chi connectivity index (χ0) is 15.1. The molecule has 1 aliphatic heterocycles. The second-order valence-corrected chi connectivity index (χ2v) is 5.74. The first kappa shape index (κ1) is 13.2. The molecule has 2 aliphatic rings. The summed E-state index contributed by atoms with van der Waals surface area (Å²) in [5.41, 5.74) is 1.67. The van der Waals surface area contributed by atoms with E-state index in [9.17, 15) is 4.79 Å². The van der Waals surface area contributed by atoms with Crippen LogP contribution in [0.15, 0.2) is 30.7 Å². The normalized spacial score (nSPS) is 15.9. The number of hydrogen-bond donors (Lipinski definition) is 0. The molecule has 1 aliphatic carbocycles. The van der Waals surface area contributed by atoms with E-state index in [4.69, 9.17) is 9.47 Å². The molecular weight excluding hydrogens is 282 g/mol. The van der Waals surface area contributed by atoms with Gasteiger partial charge in [0.15, 0.2) is 11.5 Å². The van der Waals surface area contributed by atoms with Crippen LogP contribution in [0.2, 0.25) is 0 Å². The second kappa shape index (κ2) is 5.05. The fourth-order valence-corrected chi connectivity index (χ4v) is 2.70. The predicted molar refractivity (Wildman–Crippen MR) is 78.7 cm³/mol. The Morgan fingerprint density at radius 3 is 2.91 bits per heavy atom. The summed E-state index contributed by atoms with van der Waals surface area (Å²) < 4.78 is 12.5. The molecule has 6 nitrogen and oxygen atoms in total. The van der Waals surface area contributed by atoms with Crippen LogP contribution in [0.25, 0.3) is 0 Å². The molecule has 6 heteroatoms. The third-order valence-corrected chi connectivity index (χ3v) is 4.07. The summed E-state index contributed by atoms with van der Waals surface area (Å²) in [6.07, 6.45) is 5.40. The van der Waals surface area contributed by atoms with Gasteiger partial charge in [-0.1, -0.05) is 6.07 Å². The molecule has 2 aromatic rings. The summed E-state index contributed by atoms with van der Waals surface area (Å²) in [6.45, 7) is 0.838. The molecule has 0 spiro atoms. The summed E-state index contributed by atoms with van der Waals surface area (Å²) in [5, 5.41) is 0. The van der Waals surface area contributed by atoms with Crippen LogP contribution in [0.1, 0.15) is 28.9 Å². The van der Waals surface area contributed by atoms with Crippen LogP contribution in [-0.2, 0) is 13.6 Å². The van der Waals surface area contributed by atoms with Crippen molar-refractivity contribution in [3.8, 4) is 11.5 Å². The Hall–Kier alpha value is -2.50. The van der Waals surface area contributed by atoms with Crippen LogP contribution in [0.4, 0.5) is 0 Å². The number of rotatable bonds is 4. The van der Waals surface area contributed by atoms with Crippen molar-refractivity contribution in [1.82, 2.24) is 14.5 Å². The molecule has 0 bridgehead atoms. The highest BCUT2D eigenvalue weighted by Gasteiger charge is 2.34. The molecule has 2 heterocycles. The Labute approximate surface area is 128 Å². The maximum absolute atomic E-state index is 12.8. The van der Waals surface area contributed by atoms with Gasteiger partial charge in [-0.25, -0.2) is 4.98 Å². The molecule has 0 radical (unpaired) electrons. The van der Waals surface area contributed by atoms with Crippen molar-refractivity contribution in [2.24, 2.45) is 7.05 Å². The van der Waals surface area contributed by atoms with E-state index in [-0.39, 0.29) is 12.7 Å². The fourth-order valence-electron chi connectivity index (χ4n) is 2.70. The Morgan fingerprint density at radius 1 is 1.36 bits per heavy atom. The van der Waals surface area contributed by atoms with Crippen molar-refractivity contribution in [2.75, 3.05) is 6.79 Å². The van der Waals surface area contributed by atoms with Crippen LogP contribution in [0.3, 0.4) is 0 Å². The highest BCUT2D eigenvalue weighted by atomic mass is 16.7. The smallest absolute Gasteiger partial charge is 0.272 e. The summed E-state index contributed by atoms with van der Waals surface area (Å²) >= 11 is 0. The van der Waals surface area contributed by atoms with E-state index in [0.717, 1.165) is 29.9 Å². The maximum Gasteiger partial charge on any atom is 0.272 e. The van der Waals surface area contributed by atoms with Gasteiger partial charge < -0.3 is 18.9 Å². The monoisotopic (exact) mass is 299 g/mol.